The van der Waals surface area contributed by atoms with Gasteiger partial charge in [0.1, 0.15) is 0 Å². The third kappa shape index (κ3) is 2.55. The minimum Gasteiger partial charge on any atom is -0.299 e. The molecule has 1 saturated heterocycles. The summed E-state index contributed by atoms with van der Waals surface area (Å²) in [6, 6.07) is 4.15. The number of nitrogens with zero attached hydrogens (tertiary/aromatic N) is 2. The molecule has 0 saturated carbocycles. The van der Waals surface area contributed by atoms with Gasteiger partial charge in [-0.25, -0.2) is 0 Å². The number of nitrogens with one attached hydrogen (secondary N) is 1. The Hall–Kier alpha value is -0.590. The van der Waals surface area contributed by atoms with Gasteiger partial charge in [-0.2, -0.15) is 16.9 Å². The number of H-pyrrole nitrogens is 1. The minimum atomic E-state index is 0.745. The largest absolute Gasteiger partial charge is 0.299 e. The molecule has 0 aromatic carbocycles. The Bertz CT molecular complexity index is 549. The van der Waals surface area contributed by atoms with E-state index in [9.17, 15) is 0 Å². The zero-order valence-electron chi connectivity index (χ0n) is 9.96. The lowest BCUT2D eigenvalue weighted by atomic mass is 10.0. The predicted octanol–water partition coefficient (Wildman–Crippen LogP) is 3.81. The molecule has 1 N–H and O–H groups in total. The monoisotopic (exact) mass is 297 g/mol. The Morgan fingerprint density at radius 3 is 3.00 bits per heavy atom. The molecule has 2 aromatic rings. The van der Waals surface area contributed by atoms with Gasteiger partial charge < -0.3 is 0 Å². The molecule has 2 aromatic heterocycles. The normalized spacial score (nSPS) is 17.1. The third-order valence-electron chi connectivity index (χ3n) is 3.28. The standard InChI is InChI=1S/C12H15N3S3/c16-12-14-13-11(10-2-1-5-18-10)15(12)8-9-3-6-17-7-4-9/h1-2,5,9H,3-4,6-8H2,(H,14,16). The van der Waals surface area contributed by atoms with Gasteiger partial charge in [0.15, 0.2) is 10.6 Å². The first-order chi connectivity index (χ1) is 8.84. The van der Waals surface area contributed by atoms with Crippen molar-refractivity contribution in [2.45, 2.75) is 19.4 Å². The van der Waals surface area contributed by atoms with Gasteiger partial charge in [-0.15, -0.1) is 11.3 Å². The molecule has 3 nitrogen and oxygen atoms in total. The number of aromatic nitrogens is 3. The van der Waals surface area contributed by atoms with E-state index in [2.05, 4.69) is 44.0 Å². The van der Waals surface area contributed by atoms with Crippen LogP contribution in [0.2, 0.25) is 0 Å². The van der Waals surface area contributed by atoms with Crippen molar-refractivity contribution in [1.29, 1.82) is 0 Å². The first kappa shape index (κ1) is 12.4. The van der Waals surface area contributed by atoms with Crippen molar-refractivity contribution >= 4 is 35.3 Å². The van der Waals surface area contributed by atoms with Crippen LogP contribution in [0.15, 0.2) is 17.5 Å². The van der Waals surface area contributed by atoms with Crippen LogP contribution in [0, 0.1) is 10.7 Å². The molecule has 96 valence electrons. The molecule has 1 fully saturated rings. The maximum Gasteiger partial charge on any atom is 0.195 e. The summed E-state index contributed by atoms with van der Waals surface area (Å²) in [7, 11) is 0. The van der Waals surface area contributed by atoms with E-state index in [-0.39, 0.29) is 0 Å². The summed E-state index contributed by atoms with van der Waals surface area (Å²) >= 11 is 9.13. The second-order valence-electron chi connectivity index (χ2n) is 4.50. The highest BCUT2D eigenvalue weighted by Crippen LogP contribution is 2.27. The van der Waals surface area contributed by atoms with Gasteiger partial charge in [-0.3, -0.25) is 9.67 Å². The Labute approximate surface area is 120 Å². The Morgan fingerprint density at radius 2 is 2.28 bits per heavy atom. The van der Waals surface area contributed by atoms with Crippen LogP contribution in [-0.4, -0.2) is 26.3 Å². The molecule has 3 heterocycles. The van der Waals surface area contributed by atoms with Gasteiger partial charge in [0.25, 0.3) is 0 Å². The van der Waals surface area contributed by atoms with Gasteiger partial charge in [0, 0.05) is 6.54 Å². The second kappa shape index (κ2) is 5.59. The summed E-state index contributed by atoms with van der Waals surface area (Å²) < 4.78 is 2.92. The highest BCUT2D eigenvalue weighted by Gasteiger charge is 2.17. The van der Waals surface area contributed by atoms with Crippen LogP contribution < -0.4 is 0 Å². The van der Waals surface area contributed by atoms with Crippen molar-refractivity contribution in [3.8, 4) is 10.7 Å². The van der Waals surface area contributed by atoms with Crippen LogP contribution in [0.5, 0.6) is 0 Å². The quantitative estimate of drug-likeness (QED) is 0.875. The average Bonchev–Trinajstić information content (AvgIpc) is 3.02. The van der Waals surface area contributed by atoms with E-state index >= 15 is 0 Å². The highest BCUT2D eigenvalue weighted by atomic mass is 32.2. The predicted molar refractivity (Wildman–Crippen MR) is 80.8 cm³/mol. The van der Waals surface area contributed by atoms with Crippen LogP contribution in [-0.2, 0) is 6.54 Å². The lowest BCUT2D eigenvalue weighted by molar-refractivity contribution is 0.416. The number of rotatable bonds is 3. The van der Waals surface area contributed by atoms with Gasteiger partial charge in [-0.1, -0.05) is 6.07 Å². The fourth-order valence-electron chi connectivity index (χ4n) is 2.27. The van der Waals surface area contributed by atoms with E-state index in [0.29, 0.717) is 0 Å². The number of aromatic amines is 1. The molecule has 1 aliphatic rings. The summed E-state index contributed by atoms with van der Waals surface area (Å²) in [4.78, 5) is 1.19. The number of thiophene rings is 1. The van der Waals surface area contributed by atoms with Crippen molar-refractivity contribution in [1.82, 2.24) is 14.8 Å². The fourth-order valence-corrected chi connectivity index (χ4v) is 4.40. The minimum absolute atomic E-state index is 0.745. The highest BCUT2D eigenvalue weighted by molar-refractivity contribution is 7.99. The molecular formula is C12H15N3S3. The van der Waals surface area contributed by atoms with E-state index in [1.807, 2.05) is 0 Å². The van der Waals surface area contributed by atoms with Crippen molar-refractivity contribution in [3.63, 3.8) is 0 Å². The zero-order chi connectivity index (χ0) is 12.4. The van der Waals surface area contributed by atoms with Gasteiger partial charge in [0.05, 0.1) is 4.88 Å². The maximum absolute atomic E-state index is 5.36. The van der Waals surface area contributed by atoms with Crippen molar-refractivity contribution in [2.75, 3.05) is 11.5 Å². The molecule has 3 rings (SSSR count). The van der Waals surface area contributed by atoms with E-state index in [1.165, 1.54) is 29.2 Å². The van der Waals surface area contributed by atoms with Gasteiger partial charge in [0.2, 0.25) is 0 Å². The topological polar surface area (TPSA) is 33.6 Å². The first-order valence-electron chi connectivity index (χ1n) is 6.11. The number of hydrogen-bond donors (Lipinski definition) is 1. The molecule has 1 aliphatic heterocycles. The van der Waals surface area contributed by atoms with Crippen molar-refractivity contribution in [3.05, 3.63) is 22.3 Å². The van der Waals surface area contributed by atoms with Crippen LogP contribution in [0.1, 0.15) is 12.8 Å². The van der Waals surface area contributed by atoms with Crippen molar-refractivity contribution in [2.24, 2.45) is 5.92 Å². The molecule has 0 radical (unpaired) electrons. The van der Waals surface area contributed by atoms with E-state index in [4.69, 9.17) is 12.2 Å². The lowest BCUT2D eigenvalue weighted by Gasteiger charge is -2.22. The molecular weight excluding hydrogens is 282 g/mol. The van der Waals surface area contributed by atoms with Crippen LogP contribution in [0.4, 0.5) is 0 Å². The van der Waals surface area contributed by atoms with Crippen molar-refractivity contribution < 1.29 is 0 Å². The molecule has 6 heteroatoms. The maximum atomic E-state index is 5.36. The molecule has 0 aliphatic carbocycles. The SMILES string of the molecule is S=c1[nH]nc(-c2cccs2)n1CC1CCSCC1. The third-order valence-corrected chi connectivity index (χ3v) is 5.51. The first-order valence-corrected chi connectivity index (χ1v) is 8.55. The van der Waals surface area contributed by atoms with Gasteiger partial charge >= 0.3 is 0 Å². The molecule has 0 atom stereocenters. The summed E-state index contributed by atoms with van der Waals surface area (Å²) in [5.41, 5.74) is 0. The van der Waals surface area contributed by atoms with Crippen LogP contribution in [0.25, 0.3) is 10.7 Å². The summed E-state index contributed by atoms with van der Waals surface area (Å²) in [6.07, 6.45) is 2.59. The van der Waals surface area contributed by atoms with Gasteiger partial charge in [-0.05, 0) is 53.9 Å². The van der Waals surface area contributed by atoms with Crippen LogP contribution in [0.3, 0.4) is 0 Å². The van der Waals surface area contributed by atoms with E-state index in [0.717, 1.165) is 23.1 Å². The molecule has 18 heavy (non-hydrogen) atoms. The summed E-state index contributed by atoms with van der Waals surface area (Å²) in [6.45, 7) is 1.00. The zero-order valence-corrected chi connectivity index (χ0v) is 12.4. The number of thioether (sulfide) groups is 1. The Kier molecular flexibility index (Phi) is 3.86. The molecule has 0 bridgehead atoms. The molecule has 0 amide bonds. The summed E-state index contributed by atoms with van der Waals surface area (Å²) in [5, 5.41) is 9.39. The second-order valence-corrected chi connectivity index (χ2v) is 7.06. The Balaban J connectivity index is 1.86. The van der Waals surface area contributed by atoms with E-state index < -0.39 is 0 Å². The Morgan fingerprint density at radius 1 is 1.44 bits per heavy atom. The fraction of sp³-hybridized carbons (Fsp3) is 0.500. The number of hydrogen-bond acceptors (Lipinski definition) is 4. The van der Waals surface area contributed by atoms with Crippen LogP contribution >= 0.6 is 35.3 Å². The lowest BCUT2D eigenvalue weighted by Crippen LogP contribution is -2.17. The average molecular weight is 297 g/mol. The smallest absolute Gasteiger partial charge is 0.195 e. The summed E-state index contributed by atoms with van der Waals surface area (Å²) in [5.74, 6) is 4.30. The van der Waals surface area contributed by atoms with E-state index in [1.54, 1.807) is 11.3 Å². The molecule has 0 spiro atoms. The molecule has 0 unspecified atom stereocenters.